The van der Waals surface area contributed by atoms with E-state index >= 15 is 0 Å². The predicted molar refractivity (Wildman–Crippen MR) is 112 cm³/mol. The van der Waals surface area contributed by atoms with Crippen LogP contribution in [0.1, 0.15) is 42.3 Å². The number of benzene rings is 2. The van der Waals surface area contributed by atoms with Crippen LogP contribution in [0.5, 0.6) is 5.75 Å². The fraction of sp³-hybridized carbons (Fsp3) is 0.364. The van der Waals surface area contributed by atoms with Crippen molar-refractivity contribution in [2.24, 2.45) is 0 Å². The summed E-state index contributed by atoms with van der Waals surface area (Å²) in [5.41, 5.74) is 2.25. The number of rotatable bonds is 7. The number of nitrogens with zero attached hydrogens (tertiary/aromatic N) is 1. The number of alkyl carbamates (subject to hydrolysis) is 1. The standard InChI is InChI=1S/C22H28N2O5/c1-22(2,3)29-21(28)23-12-11-15-5-7-16(8-6-15)14-24(4)17-9-10-18(20(26)27)19(25)13-17/h5-10,13,25H,11-12,14H2,1-4H3,(H,23,28)(H,26,27). The van der Waals surface area contributed by atoms with E-state index in [4.69, 9.17) is 9.84 Å². The highest BCUT2D eigenvalue weighted by molar-refractivity contribution is 5.91. The van der Waals surface area contributed by atoms with Gasteiger partial charge in [0.15, 0.2) is 0 Å². The monoisotopic (exact) mass is 400 g/mol. The first-order valence-electron chi connectivity index (χ1n) is 9.37. The van der Waals surface area contributed by atoms with Crippen molar-refractivity contribution < 1.29 is 24.5 Å². The van der Waals surface area contributed by atoms with Crippen LogP contribution in [0.15, 0.2) is 42.5 Å². The number of hydrogen-bond acceptors (Lipinski definition) is 5. The minimum Gasteiger partial charge on any atom is -0.507 e. The second-order valence-electron chi connectivity index (χ2n) is 7.86. The van der Waals surface area contributed by atoms with Gasteiger partial charge in [-0.15, -0.1) is 0 Å². The number of phenols is 1. The van der Waals surface area contributed by atoms with Gasteiger partial charge in [-0.25, -0.2) is 9.59 Å². The van der Waals surface area contributed by atoms with Gasteiger partial charge in [-0.05, 0) is 50.5 Å². The van der Waals surface area contributed by atoms with Gasteiger partial charge in [0, 0.05) is 31.9 Å². The van der Waals surface area contributed by atoms with Crippen molar-refractivity contribution in [3.8, 4) is 5.75 Å². The van der Waals surface area contributed by atoms with Crippen LogP contribution >= 0.6 is 0 Å². The number of ether oxygens (including phenoxy) is 1. The summed E-state index contributed by atoms with van der Waals surface area (Å²) in [6.07, 6.45) is 0.271. The Morgan fingerprint density at radius 1 is 1.07 bits per heavy atom. The van der Waals surface area contributed by atoms with Crippen LogP contribution < -0.4 is 10.2 Å². The first-order chi connectivity index (χ1) is 13.5. The van der Waals surface area contributed by atoms with Crippen LogP contribution in [0.4, 0.5) is 10.5 Å². The average Bonchev–Trinajstić information content (AvgIpc) is 2.61. The molecule has 0 unspecified atom stereocenters. The topological polar surface area (TPSA) is 99.1 Å². The first kappa shape index (κ1) is 22.1. The molecular weight excluding hydrogens is 372 g/mol. The SMILES string of the molecule is CN(Cc1ccc(CCNC(=O)OC(C)(C)C)cc1)c1ccc(C(=O)O)c(O)c1. The van der Waals surface area contributed by atoms with Crippen molar-refractivity contribution in [3.63, 3.8) is 0 Å². The lowest BCUT2D eigenvalue weighted by atomic mass is 10.1. The Balaban J connectivity index is 1.88. The summed E-state index contributed by atoms with van der Waals surface area (Å²) in [4.78, 5) is 24.6. The molecule has 2 aromatic carbocycles. The van der Waals surface area contributed by atoms with Crippen molar-refractivity contribution in [2.45, 2.75) is 39.3 Å². The second kappa shape index (κ2) is 9.32. The highest BCUT2D eigenvalue weighted by Gasteiger charge is 2.15. The molecule has 0 aromatic heterocycles. The maximum absolute atomic E-state index is 11.7. The lowest BCUT2D eigenvalue weighted by Crippen LogP contribution is -2.33. The van der Waals surface area contributed by atoms with Gasteiger partial charge >= 0.3 is 12.1 Å². The number of nitrogens with one attached hydrogen (secondary N) is 1. The molecular formula is C22H28N2O5. The van der Waals surface area contributed by atoms with Crippen molar-refractivity contribution in [1.29, 1.82) is 0 Å². The third-order valence-electron chi connectivity index (χ3n) is 4.18. The molecule has 3 N–H and O–H groups in total. The van der Waals surface area contributed by atoms with Gasteiger partial charge in [0.25, 0.3) is 0 Å². The highest BCUT2D eigenvalue weighted by Crippen LogP contribution is 2.25. The van der Waals surface area contributed by atoms with E-state index in [1.165, 1.54) is 12.1 Å². The Kier molecular flexibility index (Phi) is 7.09. The summed E-state index contributed by atoms with van der Waals surface area (Å²) in [5.74, 6) is -1.41. The number of aromatic hydroxyl groups is 1. The quantitative estimate of drug-likeness (QED) is 0.654. The van der Waals surface area contributed by atoms with Gasteiger partial charge in [-0.1, -0.05) is 24.3 Å². The molecule has 0 aliphatic carbocycles. The molecule has 0 saturated carbocycles. The Bertz CT molecular complexity index is 856. The molecule has 0 aliphatic heterocycles. The molecule has 2 rings (SSSR count). The Morgan fingerprint density at radius 3 is 2.24 bits per heavy atom. The summed E-state index contributed by atoms with van der Waals surface area (Å²) >= 11 is 0. The third kappa shape index (κ3) is 7.03. The summed E-state index contributed by atoms with van der Waals surface area (Å²) < 4.78 is 5.20. The van der Waals surface area contributed by atoms with Gasteiger partial charge in [0.1, 0.15) is 16.9 Å². The Labute approximate surface area is 170 Å². The van der Waals surface area contributed by atoms with Gasteiger partial charge in [-0.3, -0.25) is 0 Å². The minimum absolute atomic E-state index is 0.119. The molecule has 29 heavy (non-hydrogen) atoms. The van der Waals surface area contributed by atoms with Crippen molar-refractivity contribution in [1.82, 2.24) is 5.32 Å². The van der Waals surface area contributed by atoms with Crippen LogP contribution in [0, 0.1) is 0 Å². The minimum atomic E-state index is -1.16. The molecule has 0 bridgehead atoms. The van der Waals surface area contributed by atoms with Crippen LogP contribution in [0.2, 0.25) is 0 Å². The van der Waals surface area contributed by atoms with Crippen LogP contribution in [-0.2, 0) is 17.7 Å². The van der Waals surface area contributed by atoms with Crippen molar-refractivity contribution in [2.75, 3.05) is 18.5 Å². The molecule has 0 radical (unpaired) electrons. The normalized spacial score (nSPS) is 11.0. The van der Waals surface area contributed by atoms with Gasteiger partial charge < -0.3 is 25.2 Å². The number of aromatic carboxylic acids is 1. The predicted octanol–water partition coefficient (Wildman–Crippen LogP) is 3.79. The largest absolute Gasteiger partial charge is 0.507 e. The number of hydrogen-bond donors (Lipinski definition) is 3. The van der Waals surface area contributed by atoms with E-state index in [0.29, 0.717) is 19.5 Å². The molecule has 0 spiro atoms. The smallest absolute Gasteiger partial charge is 0.407 e. The van der Waals surface area contributed by atoms with E-state index in [9.17, 15) is 14.7 Å². The first-order valence-corrected chi connectivity index (χ1v) is 9.37. The van der Waals surface area contributed by atoms with E-state index in [2.05, 4.69) is 5.32 Å². The van der Waals surface area contributed by atoms with Crippen LogP contribution in [0.3, 0.4) is 0 Å². The molecule has 0 fully saturated rings. The maximum atomic E-state index is 11.7. The zero-order valence-electron chi connectivity index (χ0n) is 17.2. The number of carboxylic acids is 1. The third-order valence-corrected chi connectivity index (χ3v) is 4.18. The fourth-order valence-electron chi connectivity index (χ4n) is 2.74. The van der Waals surface area contributed by atoms with Crippen LogP contribution in [-0.4, -0.2) is 41.5 Å². The van der Waals surface area contributed by atoms with E-state index < -0.39 is 17.7 Å². The lowest BCUT2D eigenvalue weighted by Gasteiger charge is -2.20. The molecule has 0 aliphatic rings. The molecule has 7 heteroatoms. The molecule has 2 aromatic rings. The summed E-state index contributed by atoms with van der Waals surface area (Å²) in [6, 6.07) is 12.5. The fourth-order valence-corrected chi connectivity index (χ4v) is 2.74. The molecule has 1 amide bonds. The Hall–Kier alpha value is -3.22. The summed E-state index contributed by atoms with van der Waals surface area (Å²) in [7, 11) is 1.87. The summed E-state index contributed by atoms with van der Waals surface area (Å²) in [5, 5.41) is 21.6. The van der Waals surface area contributed by atoms with Crippen LogP contribution in [0.25, 0.3) is 0 Å². The second-order valence-corrected chi connectivity index (χ2v) is 7.86. The van der Waals surface area contributed by atoms with E-state index in [1.54, 1.807) is 6.07 Å². The average molecular weight is 400 g/mol. The van der Waals surface area contributed by atoms with Gasteiger partial charge in [-0.2, -0.15) is 0 Å². The number of carbonyl (C=O) groups is 2. The zero-order chi connectivity index (χ0) is 21.6. The van der Waals surface area contributed by atoms with Gasteiger partial charge in [0.2, 0.25) is 0 Å². The van der Waals surface area contributed by atoms with E-state index in [0.717, 1.165) is 16.8 Å². The Morgan fingerprint density at radius 2 is 1.69 bits per heavy atom. The van der Waals surface area contributed by atoms with E-state index in [1.807, 2.05) is 57.0 Å². The highest BCUT2D eigenvalue weighted by atomic mass is 16.6. The van der Waals surface area contributed by atoms with Crippen molar-refractivity contribution >= 4 is 17.7 Å². The molecule has 7 nitrogen and oxygen atoms in total. The molecule has 156 valence electrons. The number of amides is 1. The number of carbonyl (C=O) groups excluding carboxylic acids is 1. The van der Waals surface area contributed by atoms with E-state index in [-0.39, 0.29) is 11.3 Å². The molecule has 0 heterocycles. The van der Waals surface area contributed by atoms with Crippen molar-refractivity contribution in [3.05, 3.63) is 59.2 Å². The molecule has 0 saturated heterocycles. The maximum Gasteiger partial charge on any atom is 0.407 e. The lowest BCUT2D eigenvalue weighted by molar-refractivity contribution is 0.0527. The zero-order valence-corrected chi connectivity index (χ0v) is 17.2. The number of carboxylic acid groups (broad SMARTS) is 1. The van der Waals surface area contributed by atoms with Gasteiger partial charge in [0.05, 0.1) is 0 Å². The number of anilines is 1. The summed E-state index contributed by atoms with van der Waals surface area (Å²) in [6.45, 7) is 6.56. The molecule has 0 atom stereocenters.